The number of fused-ring (bicyclic) bond motifs is 1. The summed E-state index contributed by atoms with van der Waals surface area (Å²) >= 11 is 0. The minimum Gasteiger partial charge on any atom is -0.507 e. The van der Waals surface area contributed by atoms with Gasteiger partial charge in [-0.2, -0.15) is 0 Å². The highest BCUT2D eigenvalue weighted by molar-refractivity contribution is 5.91. The first-order valence-corrected chi connectivity index (χ1v) is 9.16. The summed E-state index contributed by atoms with van der Waals surface area (Å²) in [6, 6.07) is 4.74. The van der Waals surface area contributed by atoms with Gasteiger partial charge in [0.25, 0.3) is 0 Å². The van der Waals surface area contributed by atoms with Crippen LogP contribution >= 0.6 is 0 Å². The van der Waals surface area contributed by atoms with Crippen molar-refractivity contribution in [1.29, 1.82) is 0 Å². The Hall–Kier alpha value is -2.69. The average Bonchev–Trinajstić information content (AvgIpc) is 2.56. The molecular weight excluding hydrogens is 344 g/mol. The number of allylic oxidation sites excluding steroid dienone is 3. The Kier molecular flexibility index (Phi) is 7.11. The van der Waals surface area contributed by atoms with E-state index < -0.39 is 5.63 Å². The molecule has 2 rings (SSSR count). The third-order valence-corrected chi connectivity index (χ3v) is 3.93. The number of hydrogen-bond acceptors (Lipinski definition) is 5. The Labute approximate surface area is 159 Å². The van der Waals surface area contributed by atoms with Crippen LogP contribution in [0.3, 0.4) is 0 Å². The molecule has 146 valence electrons. The van der Waals surface area contributed by atoms with Gasteiger partial charge in [-0.1, -0.05) is 23.3 Å². The van der Waals surface area contributed by atoms with Gasteiger partial charge in [-0.3, -0.25) is 0 Å². The monoisotopic (exact) mass is 372 g/mol. The normalized spacial score (nSPS) is 11.7. The van der Waals surface area contributed by atoms with Crippen molar-refractivity contribution in [3.05, 3.63) is 51.9 Å². The van der Waals surface area contributed by atoms with E-state index >= 15 is 0 Å². The second-order valence-electron chi connectivity index (χ2n) is 7.05. The Morgan fingerprint density at radius 1 is 1.19 bits per heavy atom. The van der Waals surface area contributed by atoms with Crippen LogP contribution in [0.4, 0.5) is 0 Å². The van der Waals surface area contributed by atoms with Gasteiger partial charge in [0.1, 0.15) is 23.3 Å². The molecule has 1 N–H and O–H groups in total. The van der Waals surface area contributed by atoms with E-state index in [9.17, 15) is 9.90 Å². The van der Waals surface area contributed by atoms with Gasteiger partial charge in [0.15, 0.2) is 5.75 Å². The first-order chi connectivity index (χ1) is 12.8. The van der Waals surface area contributed by atoms with Crippen LogP contribution in [0.2, 0.25) is 0 Å². The first-order valence-electron chi connectivity index (χ1n) is 9.16. The highest BCUT2D eigenvalue weighted by Gasteiger charge is 2.21. The van der Waals surface area contributed by atoms with Crippen molar-refractivity contribution in [1.82, 2.24) is 0 Å². The molecule has 0 unspecified atom stereocenters. The number of ether oxygens (including phenoxy) is 2. The quantitative estimate of drug-likeness (QED) is 0.499. The number of phenols is 1. The third kappa shape index (κ3) is 5.64. The van der Waals surface area contributed by atoms with Crippen LogP contribution in [0.25, 0.3) is 11.0 Å². The van der Waals surface area contributed by atoms with Crippen molar-refractivity contribution in [2.24, 2.45) is 0 Å². The Bertz CT molecular complexity index is 899. The lowest BCUT2D eigenvalue weighted by atomic mass is 10.1. The fourth-order valence-corrected chi connectivity index (χ4v) is 2.62. The molecule has 2 aromatic rings. The van der Waals surface area contributed by atoms with Crippen molar-refractivity contribution in [3.63, 3.8) is 0 Å². The van der Waals surface area contributed by atoms with Crippen molar-refractivity contribution in [2.75, 3.05) is 6.61 Å². The molecule has 0 aliphatic rings. The third-order valence-electron chi connectivity index (χ3n) is 3.93. The van der Waals surface area contributed by atoms with E-state index in [-0.39, 0.29) is 35.5 Å². The zero-order chi connectivity index (χ0) is 20.0. The lowest BCUT2D eigenvalue weighted by Crippen LogP contribution is -2.14. The van der Waals surface area contributed by atoms with Crippen molar-refractivity contribution in [2.45, 2.75) is 53.6 Å². The number of rotatable bonds is 8. The molecule has 5 nitrogen and oxygen atoms in total. The predicted octanol–water partition coefficient (Wildman–Crippen LogP) is 5.36. The second kappa shape index (κ2) is 9.31. The van der Waals surface area contributed by atoms with Gasteiger partial charge in [0, 0.05) is 0 Å². The van der Waals surface area contributed by atoms with Crippen LogP contribution in [-0.4, -0.2) is 17.8 Å². The van der Waals surface area contributed by atoms with Gasteiger partial charge in [0.2, 0.25) is 5.75 Å². The van der Waals surface area contributed by atoms with Crippen LogP contribution in [-0.2, 0) is 0 Å². The molecule has 27 heavy (non-hydrogen) atoms. The average molecular weight is 372 g/mol. The van der Waals surface area contributed by atoms with E-state index in [4.69, 9.17) is 13.9 Å². The fourth-order valence-electron chi connectivity index (χ4n) is 2.62. The zero-order valence-electron chi connectivity index (χ0n) is 16.7. The predicted molar refractivity (Wildman–Crippen MR) is 108 cm³/mol. The number of aromatic hydroxyl groups is 1. The second-order valence-corrected chi connectivity index (χ2v) is 7.05. The summed E-state index contributed by atoms with van der Waals surface area (Å²) in [5.41, 5.74) is 2.10. The Morgan fingerprint density at radius 2 is 1.93 bits per heavy atom. The van der Waals surface area contributed by atoms with Crippen molar-refractivity contribution in [3.8, 4) is 17.2 Å². The highest BCUT2D eigenvalue weighted by atomic mass is 16.5. The first kappa shape index (κ1) is 20.6. The number of hydrogen-bond donors (Lipinski definition) is 1. The Morgan fingerprint density at radius 3 is 2.59 bits per heavy atom. The molecule has 0 spiro atoms. The van der Waals surface area contributed by atoms with Crippen molar-refractivity contribution >= 4 is 11.0 Å². The molecule has 0 radical (unpaired) electrons. The molecule has 0 saturated heterocycles. The zero-order valence-corrected chi connectivity index (χ0v) is 16.7. The molecule has 0 fully saturated rings. The maximum absolute atomic E-state index is 12.4. The summed E-state index contributed by atoms with van der Waals surface area (Å²) in [5.74, 6) is 0.168. The topological polar surface area (TPSA) is 68.9 Å². The van der Waals surface area contributed by atoms with E-state index in [1.165, 1.54) is 17.2 Å². The van der Waals surface area contributed by atoms with Crippen LogP contribution in [0.5, 0.6) is 17.2 Å². The van der Waals surface area contributed by atoms with Gasteiger partial charge in [-0.05, 0) is 65.7 Å². The molecule has 1 aromatic heterocycles. The van der Waals surface area contributed by atoms with E-state index in [1.54, 1.807) is 12.1 Å². The maximum atomic E-state index is 12.4. The van der Waals surface area contributed by atoms with Gasteiger partial charge in [0.05, 0.1) is 6.10 Å². The molecule has 0 amide bonds. The van der Waals surface area contributed by atoms with Crippen LogP contribution in [0.15, 0.2) is 50.7 Å². The fraction of sp³-hybridized carbons (Fsp3) is 0.409. The molecule has 1 aromatic carbocycles. The van der Waals surface area contributed by atoms with E-state index in [0.717, 1.165) is 12.8 Å². The van der Waals surface area contributed by atoms with Crippen LogP contribution in [0.1, 0.15) is 47.5 Å². The molecule has 0 aliphatic heterocycles. The van der Waals surface area contributed by atoms with Crippen LogP contribution in [0, 0.1) is 0 Å². The Balaban J connectivity index is 2.29. The van der Waals surface area contributed by atoms with Gasteiger partial charge < -0.3 is 19.0 Å². The van der Waals surface area contributed by atoms with Gasteiger partial charge in [-0.15, -0.1) is 0 Å². The molecule has 0 aliphatic carbocycles. The van der Waals surface area contributed by atoms with Crippen molar-refractivity contribution < 1.29 is 19.0 Å². The molecule has 0 bridgehead atoms. The number of benzene rings is 1. The summed E-state index contributed by atoms with van der Waals surface area (Å²) in [5, 5.41) is 10.6. The standard InChI is InChI=1S/C22H28O5/c1-14(2)8-6-9-16(5)12-13-25-21-20(26-15(3)4)19-17(23)10-7-11-18(19)27-22(21)24/h7-8,10-12,15,23H,6,9,13H2,1-5H3/b16-12+. The summed E-state index contributed by atoms with van der Waals surface area (Å²) in [4.78, 5) is 12.4. The molecule has 0 atom stereocenters. The van der Waals surface area contributed by atoms with Gasteiger partial charge in [-0.25, -0.2) is 4.79 Å². The van der Waals surface area contributed by atoms with E-state index in [0.29, 0.717) is 5.39 Å². The van der Waals surface area contributed by atoms with E-state index in [2.05, 4.69) is 19.9 Å². The minimum atomic E-state index is -0.626. The summed E-state index contributed by atoms with van der Waals surface area (Å²) < 4.78 is 16.8. The minimum absolute atomic E-state index is 0.0222. The van der Waals surface area contributed by atoms with Gasteiger partial charge >= 0.3 is 5.63 Å². The SMILES string of the molecule is CC(C)=CCC/C(C)=C/COc1c(OC(C)C)c2c(O)cccc2oc1=O. The van der Waals surface area contributed by atoms with Crippen LogP contribution < -0.4 is 15.1 Å². The smallest absolute Gasteiger partial charge is 0.383 e. The summed E-state index contributed by atoms with van der Waals surface area (Å²) in [6.07, 6.45) is 5.83. The molecule has 5 heteroatoms. The molecular formula is C22H28O5. The lowest BCUT2D eigenvalue weighted by Gasteiger charge is -2.16. The summed E-state index contributed by atoms with van der Waals surface area (Å²) in [6.45, 7) is 10.1. The molecule has 0 saturated carbocycles. The number of phenolic OH excluding ortho intramolecular Hbond substituents is 1. The highest BCUT2D eigenvalue weighted by Crippen LogP contribution is 2.38. The lowest BCUT2D eigenvalue weighted by molar-refractivity contribution is 0.224. The summed E-state index contributed by atoms with van der Waals surface area (Å²) in [7, 11) is 0. The largest absolute Gasteiger partial charge is 0.507 e. The van der Waals surface area contributed by atoms with E-state index in [1.807, 2.05) is 26.8 Å². The molecule has 1 heterocycles. The maximum Gasteiger partial charge on any atom is 0.383 e.